The van der Waals surface area contributed by atoms with E-state index in [0.717, 1.165) is 6.42 Å². The van der Waals surface area contributed by atoms with E-state index in [2.05, 4.69) is 0 Å². The van der Waals surface area contributed by atoms with Crippen LogP contribution in [-0.2, 0) is 9.47 Å². The van der Waals surface area contributed by atoms with E-state index in [9.17, 15) is 4.79 Å². The average Bonchev–Trinajstić information content (AvgIpc) is 2.60. The summed E-state index contributed by atoms with van der Waals surface area (Å²) in [6.07, 6.45) is 0.701. The maximum Gasteiger partial charge on any atom is 0.410 e. The zero-order valence-corrected chi connectivity index (χ0v) is 10.9. The van der Waals surface area contributed by atoms with Crippen LogP contribution in [0.5, 0.6) is 0 Å². The number of carbonyl (C=O) groups is 1. The fraction of sp³-hybridized carbons (Fsp3) is 0.909. The average molecular weight is 250 g/mol. The maximum absolute atomic E-state index is 11.7. The number of halogens is 1. The normalized spacial score (nSPS) is 21.2. The molecule has 0 N–H and O–H groups in total. The molecule has 1 aliphatic heterocycles. The molecule has 16 heavy (non-hydrogen) atoms. The summed E-state index contributed by atoms with van der Waals surface area (Å²) >= 11 is 5.54. The van der Waals surface area contributed by atoms with Gasteiger partial charge in [0.05, 0.1) is 19.3 Å². The molecule has 0 aromatic carbocycles. The van der Waals surface area contributed by atoms with Crippen molar-refractivity contribution in [2.24, 2.45) is 0 Å². The molecule has 1 rings (SSSR count). The van der Waals surface area contributed by atoms with Gasteiger partial charge < -0.3 is 14.4 Å². The highest BCUT2D eigenvalue weighted by atomic mass is 35.5. The van der Waals surface area contributed by atoms with Gasteiger partial charge >= 0.3 is 6.09 Å². The second-order valence-electron chi connectivity index (χ2n) is 4.90. The molecule has 1 aliphatic rings. The fourth-order valence-corrected chi connectivity index (χ4v) is 1.66. The van der Waals surface area contributed by atoms with E-state index in [4.69, 9.17) is 21.1 Å². The third-order valence-electron chi connectivity index (χ3n) is 2.23. The Bertz CT molecular complexity index is 240. The molecule has 0 bridgehead atoms. The summed E-state index contributed by atoms with van der Waals surface area (Å²) in [6, 6.07) is 0. The van der Waals surface area contributed by atoms with Gasteiger partial charge in [-0.15, -0.1) is 11.6 Å². The fourth-order valence-electron chi connectivity index (χ4n) is 1.57. The summed E-state index contributed by atoms with van der Waals surface area (Å²) in [5, 5.41) is 0. The van der Waals surface area contributed by atoms with Gasteiger partial charge in [0.15, 0.2) is 0 Å². The largest absolute Gasteiger partial charge is 0.444 e. The van der Waals surface area contributed by atoms with Crippen molar-refractivity contribution in [1.82, 2.24) is 4.90 Å². The highest BCUT2D eigenvalue weighted by Crippen LogP contribution is 2.17. The molecule has 1 atom stereocenters. The first kappa shape index (κ1) is 13.6. The zero-order chi connectivity index (χ0) is 12.2. The Hall–Kier alpha value is -0.480. The topological polar surface area (TPSA) is 38.8 Å². The van der Waals surface area contributed by atoms with E-state index >= 15 is 0 Å². The molecule has 0 aromatic rings. The summed E-state index contributed by atoms with van der Waals surface area (Å²) in [6.45, 7) is 7.43. The number of amides is 1. The summed E-state index contributed by atoms with van der Waals surface area (Å²) in [5.74, 6) is 0.489. The molecule has 0 radical (unpaired) electrons. The van der Waals surface area contributed by atoms with Gasteiger partial charge in [0.25, 0.3) is 0 Å². The van der Waals surface area contributed by atoms with Crippen LogP contribution in [0.4, 0.5) is 4.79 Å². The van der Waals surface area contributed by atoms with Crippen molar-refractivity contribution in [2.45, 2.75) is 38.9 Å². The Balaban J connectivity index is 2.32. The van der Waals surface area contributed by atoms with Gasteiger partial charge in [0.2, 0.25) is 0 Å². The van der Waals surface area contributed by atoms with Gasteiger partial charge in [-0.2, -0.15) is 0 Å². The minimum Gasteiger partial charge on any atom is -0.444 e. The van der Waals surface area contributed by atoms with Crippen LogP contribution in [0.2, 0.25) is 0 Å². The lowest BCUT2D eigenvalue weighted by molar-refractivity contribution is 0.0225. The van der Waals surface area contributed by atoms with Crippen LogP contribution < -0.4 is 0 Å². The molecule has 0 spiro atoms. The Kier molecular flexibility index (Phi) is 4.87. The Morgan fingerprint density at radius 2 is 2.19 bits per heavy atom. The lowest BCUT2D eigenvalue weighted by Gasteiger charge is -2.24. The smallest absolute Gasteiger partial charge is 0.410 e. The summed E-state index contributed by atoms with van der Waals surface area (Å²) in [5.41, 5.74) is -0.438. The van der Waals surface area contributed by atoms with Crippen LogP contribution in [0, 0.1) is 0 Å². The van der Waals surface area contributed by atoms with E-state index in [1.165, 1.54) is 0 Å². The predicted molar refractivity (Wildman–Crippen MR) is 62.9 cm³/mol. The number of likely N-dealkylation sites (tertiary alicyclic amines) is 1. The van der Waals surface area contributed by atoms with Crippen molar-refractivity contribution in [1.29, 1.82) is 0 Å². The molecule has 1 fully saturated rings. The number of alkyl halides is 1. The van der Waals surface area contributed by atoms with E-state index in [1.54, 1.807) is 4.90 Å². The standard InChI is InChI=1S/C11H20ClNO3/c1-11(2,3)16-10(14)13-6-4-9(8-13)15-7-5-12/h9H,4-8H2,1-3H3. The van der Waals surface area contributed by atoms with Crippen molar-refractivity contribution in [3.05, 3.63) is 0 Å². The third-order valence-corrected chi connectivity index (χ3v) is 2.38. The summed E-state index contributed by atoms with van der Waals surface area (Å²) in [4.78, 5) is 13.4. The van der Waals surface area contributed by atoms with Crippen molar-refractivity contribution in [3.63, 3.8) is 0 Å². The Morgan fingerprint density at radius 1 is 1.50 bits per heavy atom. The number of ether oxygens (including phenoxy) is 2. The molecule has 1 unspecified atom stereocenters. The number of hydrogen-bond acceptors (Lipinski definition) is 3. The van der Waals surface area contributed by atoms with Crippen molar-refractivity contribution in [3.8, 4) is 0 Å². The lowest BCUT2D eigenvalue weighted by Crippen LogP contribution is -2.36. The molecule has 5 heteroatoms. The first-order valence-electron chi connectivity index (χ1n) is 5.58. The molecule has 0 saturated carbocycles. The molecule has 4 nitrogen and oxygen atoms in total. The summed E-state index contributed by atoms with van der Waals surface area (Å²) in [7, 11) is 0. The molecule has 0 aromatic heterocycles. The van der Waals surface area contributed by atoms with Crippen LogP contribution in [0.25, 0.3) is 0 Å². The molecule has 1 saturated heterocycles. The van der Waals surface area contributed by atoms with Gasteiger partial charge in [0, 0.05) is 12.4 Å². The van der Waals surface area contributed by atoms with Crippen LogP contribution in [0.3, 0.4) is 0 Å². The molecular formula is C11H20ClNO3. The SMILES string of the molecule is CC(C)(C)OC(=O)N1CCC(OCCCl)C1. The van der Waals surface area contributed by atoms with Gasteiger partial charge in [-0.3, -0.25) is 0 Å². The second-order valence-corrected chi connectivity index (χ2v) is 5.27. The third kappa shape index (κ3) is 4.58. The van der Waals surface area contributed by atoms with Crippen LogP contribution >= 0.6 is 11.6 Å². The van der Waals surface area contributed by atoms with E-state index in [-0.39, 0.29) is 12.2 Å². The molecular weight excluding hydrogens is 230 g/mol. The van der Waals surface area contributed by atoms with Crippen LogP contribution in [0.1, 0.15) is 27.2 Å². The number of carbonyl (C=O) groups excluding carboxylic acids is 1. The number of rotatable bonds is 3. The van der Waals surface area contributed by atoms with Gasteiger partial charge in [-0.25, -0.2) is 4.79 Å². The number of nitrogens with zero attached hydrogens (tertiary/aromatic N) is 1. The van der Waals surface area contributed by atoms with E-state index in [1.807, 2.05) is 20.8 Å². The quantitative estimate of drug-likeness (QED) is 0.720. The highest BCUT2D eigenvalue weighted by molar-refractivity contribution is 6.17. The zero-order valence-electron chi connectivity index (χ0n) is 10.2. The van der Waals surface area contributed by atoms with Gasteiger partial charge in [-0.05, 0) is 27.2 Å². The second kappa shape index (κ2) is 5.73. The first-order chi connectivity index (χ1) is 7.42. The molecule has 0 aliphatic carbocycles. The monoisotopic (exact) mass is 249 g/mol. The predicted octanol–water partition coefficient (Wildman–Crippen LogP) is 2.25. The highest BCUT2D eigenvalue weighted by Gasteiger charge is 2.29. The van der Waals surface area contributed by atoms with Crippen molar-refractivity contribution >= 4 is 17.7 Å². The van der Waals surface area contributed by atoms with Gasteiger partial charge in [0.1, 0.15) is 5.60 Å². The molecule has 1 amide bonds. The Labute approximate surface area is 102 Å². The van der Waals surface area contributed by atoms with E-state index < -0.39 is 5.60 Å². The van der Waals surface area contributed by atoms with Crippen molar-refractivity contribution < 1.29 is 14.3 Å². The first-order valence-corrected chi connectivity index (χ1v) is 6.11. The van der Waals surface area contributed by atoms with Crippen LogP contribution in [0.15, 0.2) is 0 Å². The maximum atomic E-state index is 11.7. The summed E-state index contributed by atoms with van der Waals surface area (Å²) < 4.78 is 10.8. The lowest BCUT2D eigenvalue weighted by atomic mass is 10.2. The van der Waals surface area contributed by atoms with Crippen LogP contribution in [-0.4, -0.2) is 48.3 Å². The number of hydrogen-bond donors (Lipinski definition) is 0. The van der Waals surface area contributed by atoms with Gasteiger partial charge in [-0.1, -0.05) is 0 Å². The van der Waals surface area contributed by atoms with Crippen molar-refractivity contribution in [2.75, 3.05) is 25.6 Å². The molecule has 94 valence electrons. The van der Waals surface area contributed by atoms with E-state index in [0.29, 0.717) is 25.6 Å². The minimum atomic E-state index is -0.438. The Morgan fingerprint density at radius 3 is 2.75 bits per heavy atom. The molecule has 1 heterocycles. The minimum absolute atomic E-state index is 0.103.